The van der Waals surface area contributed by atoms with Crippen LogP contribution >= 0.6 is 0 Å². The molecule has 0 amide bonds. The number of ketones is 1. The van der Waals surface area contributed by atoms with Crippen molar-refractivity contribution in [3.05, 3.63) is 77.0 Å². The molecule has 0 spiro atoms. The highest BCUT2D eigenvalue weighted by molar-refractivity contribution is 6.14. The number of carbonyl (C=O) groups excluding carboxylic acids is 2. The molecule has 2 aromatic carbocycles. The van der Waals surface area contributed by atoms with E-state index in [9.17, 15) is 14.7 Å². The van der Waals surface area contributed by atoms with Gasteiger partial charge in [-0.25, -0.2) is 4.79 Å². The Bertz CT molecular complexity index is 1090. The first-order valence-corrected chi connectivity index (χ1v) is 8.36. The third-order valence-corrected chi connectivity index (χ3v) is 4.37. The number of methoxy groups -OCH3 is 1. The molecule has 0 aliphatic carbocycles. The van der Waals surface area contributed by atoms with Crippen LogP contribution in [0.25, 0.3) is 0 Å². The van der Waals surface area contributed by atoms with Crippen LogP contribution in [0.4, 0.5) is 5.95 Å². The van der Waals surface area contributed by atoms with Crippen molar-refractivity contribution in [1.82, 2.24) is 20.2 Å². The second-order valence-corrected chi connectivity index (χ2v) is 6.04. The largest absolute Gasteiger partial charge is 0.508 e. The Kier molecular flexibility index (Phi) is 4.32. The predicted octanol–water partition coefficient (Wildman–Crippen LogP) is 1.70. The van der Waals surface area contributed by atoms with Gasteiger partial charge in [-0.2, -0.15) is 4.68 Å². The molecule has 1 aliphatic rings. The number of hydrogen-bond donors (Lipinski definition) is 2. The summed E-state index contributed by atoms with van der Waals surface area (Å²) in [5.41, 5.74) is 0.994. The van der Waals surface area contributed by atoms with Gasteiger partial charge in [0.15, 0.2) is 5.78 Å². The van der Waals surface area contributed by atoms with Crippen molar-refractivity contribution in [2.75, 3.05) is 12.4 Å². The molecule has 0 bridgehead atoms. The minimum absolute atomic E-state index is 0.0109. The summed E-state index contributed by atoms with van der Waals surface area (Å²) in [5.74, 6) is -0.920. The molecule has 1 atom stereocenters. The fourth-order valence-corrected chi connectivity index (χ4v) is 3.14. The zero-order chi connectivity index (χ0) is 19.7. The minimum atomic E-state index is -0.833. The number of aromatic hydroxyl groups is 1. The van der Waals surface area contributed by atoms with E-state index >= 15 is 0 Å². The lowest BCUT2D eigenvalue weighted by atomic mass is 9.89. The number of phenolic OH excluding ortho intramolecular Hbond substituents is 1. The molecular formula is C19H15N5O4. The first kappa shape index (κ1) is 17.4. The van der Waals surface area contributed by atoms with Crippen LogP contribution in [0.15, 0.2) is 65.9 Å². The number of benzene rings is 2. The van der Waals surface area contributed by atoms with Gasteiger partial charge in [0.25, 0.3) is 0 Å². The standard InChI is InChI=1S/C19H15N5O4/c1-28-18(27)15-14(17(26)11-6-3-2-4-7-11)16(12-8-5-9-13(25)10-12)24-19(20-15)21-22-23-24/h2-10,16,25H,1H3,(H,20,21,23). The van der Waals surface area contributed by atoms with Gasteiger partial charge in [0.05, 0.1) is 12.7 Å². The van der Waals surface area contributed by atoms with Crippen LogP contribution < -0.4 is 5.32 Å². The van der Waals surface area contributed by atoms with Gasteiger partial charge in [-0.05, 0) is 28.1 Å². The number of fused-ring (bicyclic) bond motifs is 1. The van der Waals surface area contributed by atoms with E-state index in [2.05, 4.69) is 20.8 Å². The number of aromatic nitrogens is 4. The Balaban J connectivity index is 1.97. The topological polar surface area (TPSA) is 119 Å². The SMILES string of the molecule is COC(=O)C1=C(C(=O)c2ccccc2)C(c2cccc(O)c2)n2nnnc2N1. The van der Waals surface area contributed by atoms with Crippen molar-refractivity contribution in [3.8, 4) is 5.75 Å². The van der Waals surface area contributed by atoms with E-state index < -0.39 is 12.0 Å². The third kappa shape index (κ3) is 2.88. The van der Waals surface area contributed by atoms with E-state index in [1.165, 1.54) is 23.9 Å². The molecule has 0 fully saturated rings. The number of ether oxygens (including phenoxy) is 1. The van der Waals surface area contributed by atoms with E-state index in [4.69, 9.17) is 4.74 Å². The number of esters is 1. The van der Waals surface area contributed by atoms with Crippen molar-refractivity contribution < 1.29 is 19.4 Å². The molecule has 9 nitrogen and oxygen atoms in total. The average Bonchev–Trinajstić information content (AvgIpc) is 3.20. The lowest BCUT2D eigenvalue weighted by Crippen LogP contribution is -2.32. The van der Waals surface area contributed by atoms with Gasteiger partial charge in [-0.15, -0.1) is 0 Å². The van der Waals surface area contributed by atoms with Crippen LogP contribution in [0.1, 0.15) is 22.0 Å². The van der Waals surface area contributed by atoms with E-state index in [1.54, 1.807) is 42.5 Å². The molecule has 1 aromatic heterocycles. The fraction of sp³-hybridized carbons (Fsp3) is 0.105. The number of Topliss-reactive ketones (excluding diaryl/α,β-unsaturated/α-hetero) is 1. The predicted molar refractivity (Wildman–Crippen MR) is 97.5 cm³/mol. The first-order valence-electron chi connectivity index (χ1n) is 8.36. The molecule has 28 heavy (non-hydrogen) atoms. The van der Waals surface area contributed by atoms with Crippen LogP contribution in [0, 0.1) is 0 Å². The monoisotopic (exact) mass is 377 g/mol. The summed E-state index contributed by atoms with van der Waals surface area (Å²) in [6, 6.07) is 14.1. The van der Waals surface area contributed by atoms with Crippen molar-refractivity contribution >= 4 is 17.7 Å². The molecule has 3 aromatic rings. The second kappa shape index (κ2) is 6.95. The summed E-state index contributed by atoms with van der Waals surface area (Å²) in [4.78, 5) is 25.8. The van der Waals surface area contributed by atoms with Crippen molar-refractivity contribution in [2.24, 2.45) is 0 Å². The van der Waals surface area contributed by atoms with Crippen molar-refractivity contribution in [3.63, 3.8) is 0 Å². The molecule has 1 unspecified atom stereocenters. The number of nitrogens with one attached hydrogen (secondary N) is 1. The number of nitrogens with zero attached hydrogens (tertiary/aromatic N) is 4. The average molecular weight is 377 g/mol. The van der Waals surface area contributed by atoms with Gasteiger partial charge >= 0.3 is 5.97 Å². The minimum Gasteiger partial charge on any atom is -0.508 e. The summed E-state index contributed by atoms with van der Waals surface area (Å²) in [7, 11) is 1.22. The lowest BCUT2D eigenvalue weighted by Gasteiger charge is -2.28. The molecule has 0 saturated carbocycles. The lowest BCUT2D eigenvalue weighted by molar-refractivity contribution is -0.136. The number of allylic oxidation sites excluding steroid dienone is 1. The Morgan fingerprint density at radius 1 is 1.14 bits per heavy atom. The Labute approximate surface area is 159 Å². The van der Waals surface area contributed by atoms with E-state index in [-0.39, 0.29) is 28.8 Å². The molecule has 0 radical (unpaired) electrons. The van der Waals surface area contributed by atoms with Crippen LogP contribution in [0.2, 0.25) is 0 Å². The smallest absolute Gasteiger partial charge is 0.355 e. The van der Waals surface area contributed by atoms with Crippen LogP contribution in [-0.2, 0) is 9.53 Å². The molecule has 4 rings (SSSR count). The van der Waals surface area contributed by atoms with Gasteiger partial charge in [-0.1, -0.05) is 47.6 Å². The highest BCUT2D eigenvalue weighted by Crippen LogP contribution is 2.37. The number of rotatable bonds is 4. The third-order valence-electron chi connectivity index (χ3n) is 4.37. The summed E-state index contributed by atoms with van der Waals surface area (Å²) in [6.07, 6.45) is 0. The number of phenols is 1. The Morgan fingerprint density at radius 2 is 1.93 bits per heavy atom. The number of anilines is 1. The number of tetrazole rings is 1. The van der Waals surface area contributed by atoms with E-state index in [1.807, 2.05) is 0 Å². The summed E-state index contributed by atoms with van der Waals surface area (Å²) < 4.78 is 6.25. The fourth-order valence-electron chi connectivity index (χ4n) is 3.14. The van der Waals surface area contributed by atoms with Crippen LogP contribution in [0.5, 0.6) is 5.75 Å². The summed E-state index contributed by atoms with van der Waals surface area (Å²) in [5, 5.41) is 24.2. The Hall–Kier alpha value is -4.01. The van der Waals surface area contributed by atoms with Crippen molar-refractivity contribution in [1.29, 1.82) is 0 Å². The van der Waals surface area contributed by atoms with Crippen LogP contribution in [0.3, 0.4) is 0 Å². The maximum absolute atomic E-state index is 13.4. The maximum Gasteiger partial charge on any atom is 0.355 e. The van der Waals surface area contributed by atoms with Gasteiger partial charge < -0.3 is 15.2 Å². The zero-order valence-electron chi connectivity index (χ0n) is 14.7. The highest BCUT2D eigenvalue weighted by atomic mass is 16.5. The Morgan fingerprint density at radius 3 is 2.64 bits per heavy atom. The quantitative estimate of drug-likeness (QED) is 0.521. The van der Waals surface area contributed by atoms with Crippen molar-refractivity contribution in [2.45, 2.75) is 6.04 Å². The second-order valence-electron chi connectivity index (χ2n) is 6.04. The van der Waals surface area contributed by atoms with Gasteiger partial charge in [0.2, 0.25) is 5.95 Å². The molecule has 2 N–H and O–H groups in total. The van der Waals surface area contributed by atoms with E-state index in [0.29, 0.717) is 11.1 Å². The zero-order valence-corrected chi connectivity index (χ0v) is 14.7. The van der Waals surface area contributed by atoms with Crippen LogP contribution in [-0.4, -0.2) is 44.2 Å². The molecule has 1 aliphatic heterocycles. The maximum atomic E-state index is 13.4. The van der Waals surface area contributed by atoms with Gasteiger partial charge in [-0.3, -0.25) is 4.79 Å². The van der Waals surface area contributed by atoms with Gasteiger partial charge in [0, 0.05) is 5.56 Å². The summed E-state index contributed by atoms with van der Waals surface area (Å²) in [6.45, 7) is 0. The molecule has 140 valence electrons. The summed E-state index contributed by atoms with van der Waals surface area (Å²) >= 11 is 0. The molecule has 2 heterocycles. The molecular weight excluding hydrogens is 362 g/mol. The molecule has 9 heteroatoms. The highest BCUT2D eigenvalue weighted by Gasteiger charge is 2.38. The molecule has 0 saturated heterocycles. The number of hydrogen-bond acceptors (Lipinski definition) is 8. The number of carbonyl (C=O) groups is 2. The normalized spacial score (nSPS) is 15.5. The van der Waals surface area contributed by atoms with Gasteiger partial charge in [0.1, 0.15) is 17.5 Å². The first-order chi connectivity index (χ1) is 13.6. The van der Waals surface area contributed by atoms with E-state index in [0.717, 1.165) is 0 Å².